The molecule has 2 rings (SSSR count). The van der Waals surface area contributed by atoms with Crippen molar-refractivity contribution in [2.24, 2.45) is 0 Å². The van der Waals surface area contributed by atoms with Gasteiger partial charge in [-0.25, -0.2) is 0 Å². The Bertz CT molecular complexity index is 619. The summed E-state index contributed by atoms with van der Waals surface area (Å²) >= 11 is 0. The molecule has 1 aliphatic rings. The van der Waals surface area contributed by atoms with Crippen LogP contribution in [0.2, 0.25) is 0 Å². The minimum atomic E-state index is -5.71. The van der Waals surface area contributed by atoms with Crippen LogP contribution >= 0.6 is 0 Å². The molecule has 24 heavy (non-hydrogen) atoms. The fourth-order valence-electron chi connectivity index (χ4n) is 2.20. The normalized spacial score (nSPS) is 25.1. The van der Waals surface area contributed by atoms with Crippen LogP contribution in [-0.4, -0.2) is 46.1 Å². The molecule has 3 unspecified atom stereocenters. The van der Waals surface area contributed by atoms with Crippen LogP contribution in [0.1, 0.15) is 12.0 Å². The van der Waals surface area contributed by atoms with Crippen molar-refractivity contribution in [2.45, 2.75) is 37.0 Å². The highest BCUT2D eigenvalue weighted by molar-refractivity contribution is 7.87. The SMILES string of the molecule is COC1OC(COCc2ccccc2)CC1OS(=O)(=O)C(F)(F)F. The van der Waals surface area contributed by atoms with Gasteiger partial charge in [-0.1, -0.05) is 30.3 Å². The minimum Gasteiger partial charge on any atom is -0.374 e. The first kappa shape index (κ1) is 19.1. The Balaban J connectivity index is 1.87. The Morgan fingerprint density at radius 1 is 1.25 bits per heavy atom. The molecular formula is C14H17F3O6S. The predicted octanol–water partition coefficient (Wildman–Crippen LogP) is 2.20. The maximum absolute atomic E-state index is 12.4. The average Bonchev–Trinajstić information content (AvgIpc) is 2.88. The second kappa shape index (κ2) is 7.79. The molecule has 0 bridgehead atoms. The first-order valence-electron chi connectivity index (χ1n) is 7.02. The fraction of sp³-hybridized carbons (Fsp3) is 0.571. The lowest BCUT2D eigenvalue weighted by molar-refractivity contribution is -0.154. The number of benzene rings is 1. The number of hydrogen-bond acceptors (Lipinski definition) is 6. The van der Waals surface area contributed by atoms with Gasteiger partial charge in [-0.15, -0.1) is 0 Å². The lowest BCUT2D eigenvalue weighted by atomic mass is 10.2. The first-order valence-corrected chi connectivity index (χ1v) is 8.43. The van der Waals surface area contributed by atoms with Crippen LogP contribution in [-0.2, 0) is 35.1 Å². The zero-order valence-electron chi connectivity index (χ0n) is 12.7. The molecule has 0 N–H and O–H groups in total. The summed E-state index contributed by atoms with van der Waals surface area (Å²) in [5.41, 5.74) is -4.57. The van der Waals surface area contributed by atoms with E-state index < -0.39 is 34.1 Å². The van der Waals surface area contributed by atoms with Gasteiger partial charge in [0.05, 0.1) is 19.3 Å². The number of alkyl halides is 3. The van der Waals surface area contributed by atoms with Crippen molar-refractivity contribution in [1.82, 2.24) is 0 Å². The number of rotatable bonds is 7. The molecule has 0 spiro atoms. The van der Waals surface area contributed by atoms with E-state index in [1.165, 1.54) is 7.11 Å². The van der Waals surface area contributed by atoms with E-state index >= 15 is 0 Å². The van der Waals surface area contributed by atoms with Crippen LogP contribution in [0.15, 0.2) is 30.3 Å². The number of halogens is 3. The molecule has 10 heteroatoms. The molecule has 0 amide bonds. The van der Waals surface area contributed by atoms with Crippen molar-refractivity contribution in [3.05, 3.63) is 35.9 Å². The highest BCUT2D eigenvalue weighted by atomic mass is 32.2. The van der Waals surface area contributed by atoms with E-state index in [2.05, 4.69) is 4.18 Å². The maximum atomic E-state index is 12.4. The maximum Gasteiger partial charge on any atom is 0.523 e. The largest absolute Gasteiger partial charge is 0.523 e. The molecule has 6 nitrogen and oxygen atoms in total. The Morgan fingerprint density at radius 3 is 2.50 bits per heavy atom. The second-order valence-corrected chi connectivity index (χ2v) is 6.70. The van der Waals surface area contributed by atoms with Gasteiger partial charge in [0.2, 0.25) is 0 Å². The van der Waals surface area contributed by atoms with Crippen molar-refractivity contribution in [3.63, 3.8) is 0 Å². The zero-order chi connectivity index (χ0) is 17.8. The van der Waals surface area contributed by atoms with Crippen molar-refractivity contribution in [3.8, 4) is 0 Å². The van der Waals surface area contributed by atoms with Crippen molar-refractivity contribution in [2.75, 3.05) is 13.7 Å². The van der Waals surface area contributed by atoms with Gasteiger partial charge in [0, 0.05) is 13.5 Å². The van der Waals surface area contributed by atoms with Gasteiger partial charge in [0.1, 0.15) is 6.10 Å². The molecule has 136 valence electrons. The Morgan fingerprint density at radius 2 is 1.92 bits per heavy atom. The van der Waals surface area contributed by atoms with Gasteiger partial charge in [-0.2, -0.15) is 21.6 Å². The molecule has 0 aromatic heterocycles. The third kappa shape index (κ3) is 4.90. The van der Waals surface area contributed by atoms with Gasteiger partial charge in [0.25, 0.3) is 0 Å². The topological polar surface area (TPSA) is 71.1 Å². The molecule has 1 aliphatic heterocycles. The number of methoxy groups -OCH3 is 1. The summed E-state index contributed by atoms with van der Waals surface area (Å²) in [7, 11) is -4.52. The standard InChI is InChI=1S/C14H17F3O6S/c1-20-13-12(23-24(18,19)14(15,16)17)7-11(22-13)9-21-8-10-5-3-2-4-6-10/h2-6,11-13H,7-9H2,1H3. The van der Waals surface area contributed by atoms with Crippen molar-refractivity contribution < 1.29 is 40.0 Å². The molecule has 1 aromatic rings. The molecule has 0 radical (unpaired) electrons. The first-order chi connectivity index (χ1) is 11.2. The quantitative estimate of drug-likeness (QED) is 0.541. The molecule has 1 aromatic carbocycles. The summed E-state index contributed by atoms with van der Waals surface area (Å²) in [5.74, 6) is 0. The highest BCUT2D eigenvalue weighted by Gasteiger charge is 2.51. The molecule has 0 saturated carbocycles. The molecular weight excluding hydrogens is 353 g/mol. The second-order valence-electron chi connectivity index (χ2n) is 5.13. The molecule has 1 fully saturated rings. The van der Waals surface area contributed by atoms with Crippen LogP contribution in [0.5, 0.6) is 0 Å². The van der Waals surface area contributed by atoms with Crippen LogP contribution in [0.4, 0.5) is 13.2 Å². The van der Waals surface area contributed by atoms with Crippen LogP contribution in [0, 0.1) is 0 Å². The smallest absolute Gasteiger partial charge is 0.374 e. The number of ether oxygens (including phenoxy) is 3. The van der Waals surface area contributed by atoms with E-state index in [9.17, 15) is 21.6 Å². The lowest BCUT2D eigenvalue weighted by Crippen LogP contribution is -2.34. The summed E-state index contributed by atoms with van der Waals surface area (Å²) in [6, 6.07) is 9.26. The van der Waals surface area contributed by atoms with E-state index in [0.717, 1.165) is 5.56 Å². The van der Waals surface area contributed by atoms with Gasteiger partial charge >= 0.3 is 15.6 Å². The van der Waals surface area contributed by atoms with E-state index in [1.807, 2.05) is 30.3 Å². The minimum absolute atomic E-state index is 0.0701. The van der Waals surface area contributed by atoms with Gasteiger partial charge in [-0.3, -0.25) is 4.18 Å². The summed E-state index contributed by atoms with van der Waals surface area (Å²) in [6.45, 7) is 0.366. The summed E-state index contributed by atoms with van der Waals surface area (Å²) < 4.78 is 79.1. The zero-order valence-corrected chi connectivity index (χ0v) is 13.5. The molecule has 1 heterocycles. The van der Waals surface area contributed by atoms with E-state index in [1.54, 1.807) is 0 Å². The van der Waals surface area contributed by atoms with Crippen molar-refractivity contribution in [1.29, 1.82) is 0 Å². The van der Waals surface area contributed by atoms with Gasteiger partial charge in [0.15, 0.2) is 6.29 Å². The van der Waals surface area contributed by atoms with Crippen molar-refractivity contribution >= 4 is 10.1 Å². The fourth-order valence-corrected chi connectivity index (χ4v) is 2.81. The third-order valence-electron chi connectivity index (χ3n) is 3.31. The predicted molar refractivity (Wildman–Crippen MR) is 76.2 cm³/mol. The highest BCUT2D eigenvalue weighted by Crippen LogP contribution is 2.31. The third-order valence-corrected chi connectivity index (χ3v) is 4.37. The van der Waals surface area contributed by atoms with Gasteiger partial charge in [-0.05, 0) is 5.56 Å². The van der Waals surface area contributed by atoms with Crippen LogP contribution < -0.4 is 0 Å². The summed E-state index contributed by atoms with van der Waals surface area (Å²) in [5, 5.41) is 0. The van der Waals surface area contributed by atoms with E-state index in [-0.39, 0.29) is 13.0 Å². The summed E-state index contributed by atoms with van der Waals surface area (Å²) in [4.78, 5) is 0. The Hall–Kier alpha value is -1.20. The Kier molecular flexibility index (Phi) is 6.21. The average molecular weight is 370 g/mol. The molecule has 0 aliphatic carbocycles. The monoisotopic (exact) mass is 370 g/mol. The molecule has 3 atom stereocenters. The number of hydrogen-bond donors (Lipinski definition) is 0. The van der Waals surface area contributed by atoms with Crippen LogP contribution in [0.3, 0.4) is 0 Å². The van der Waals surface area contributed by atoms with E-state index in [4.69, 9.17) is 14.2 Å². The summed E-state index contributed by atoms with van der Waals surface area (Å²) in [6.07, 6.45) is -3.32. The van der Waals surface area contributed by atoms with Gasteiger partial charge < -0.3 is 14.2 Å². The lowest BCUT2D eigenvalue weighted by Gasteiger charge is -2.17. The Labute approximate surface area is 137 Å². The van der Waals surface area contributed by atoms with Crippen LogP contribution in [0.25, 0.3) is 0 Å². The van der Waals surface area contributed by atoms with E-state index in [0.29, 0.717) is 6.61 Å². The molecule has 1 saturated heterocycles.